The van der Waals surface area contributed by atoms with Gasteiger partial charge in [0.1, 0.15) is 5.69 Å². The highest BCUT2D eigenvalue weighted by atomic mass is 16.1. The molecule has 0 unspecified atom stereocenters. The van der Waals surface area contributed by atoms with Crippen LogP contribution < -0.4 is 15.1 Å². The summed E-state index contributed by atoms with van der Waals surface area (Å²) in [6.45, 7) is 3.02. The molecular formula is C19H19N7O. The van der Waals surface area contributed by atoms with E-state index in [2.05, 4.69) is 35.1 Å². The molecule has 0 spiro atoms. The molecule has 0 atom stereocenters. The molecule has 1 aliphatic rings. The van der Waals surface area contributed by atoms with E-state index >= 15 is 0 Å². The van der Waals surface area contributed by atoms with Crippen LogP contribution in [0.2, 0.25) is 0 Å². The number of carbonyl (C=O) groups excluding carboxylic acids is 1. The molecule has 27 heavy (non-hydrogen) atoms. The Morgan fingerprint density at radius 2 is 1.41 bits per heavy atom. The lowest BCUT2D eigenvalue weighted by molar-refractivity contribution is 0.102. The summed E-state index contributed by atoms with van der Waals surface area (Å²) >= 11 is 0. The number of benzene rings is 1. The summed E-state index contributed by atoms with van der Waals surface area (Å²) in [5.41, 5.74) is 1.08. The smallest absolute Gasteiger partial charge is 0.274 e. The Balaban J connectivity index is 1.42. The number of nitrogens with one attached hydrogen (secondary N) is 1. The third kappa shape index (κ3) is 4.00. The van der Waals surface area contributed by atoms with Gasteiger partial charge in [0.15, 0.2) is 0 Å². The molecule has 1 fully saturated rings. The number of carbonyl (C=O) groups is 1. The van der Waals surface area contributed by atoms with Crippen LogP contribution in [0.5, 0.6) is 0 Å². The van der Waals surface area contributed by atoms with Crippen molar-refractivity contribution in [3.8, 4) is 0 Å². The SMILES string of the molecule is O=C(Nc1ccccc1)c1ccnc(N2CCN(c3ncccn3)CC2)n1. The summed E-state index contributed by atoms with van der Waals surface area (Å²) in [4.78, 5) is 34.0. The van der Waals surface area contributed by atoms with Crippen LogP contribution in [0.4, 0.5) is 17.6 Å². The maximum Gasteiger partial charge on any atom is 0.274 e. The van der Waals surface area contributed by atoms with Crippen molar-refractivity contribution in [3.05, 3.63) is 66.7 Å². The number of rotatable bonds is 4. The maximum atomic E-state index is 12.4. The van der Waals surface area contributed by atoms with Crippen LogP contribution in [-0.4, -0.2) is 52.0 Å². The average Bonchev–Trinajstić information content (AvgIpc) is 2.75. The normalized spacial score (nSPS) is 14.1. The standard InChI is InChI=1S/C19H19N7O/c27-17(23-15-5-2-1-3-6-15)16-7-10-22-19(24-16)26-13-11-25(12-14-26)18-20-8-4-9-21-18/h1-10H,11-14H2,(H,23,27). The number of nitrogens with zero attached hydrogens (tertiary/aromatic N) is 6. The highest BCUT2D eigenvalue weighted by Crippen LogP contribution is 2.15. The van der Waals surface area contributed by atoms with E-state index in [9.17, 15) is 4.79 Å². The molecule has 0 bridgehead atoms. The van der Waals surface area contributed by atoms with Crippen LogP contribution >= 0.6 is 0 Å². The molecule has 0 saturated carbocycles. The van der Waals surface area contributed by atoms with Gasteiger partial charge in [-0.25, -0.2) is 19.9 Å². The number of anilines is 3. The largest absolute Gasteiger partial charge is 0.337 e. The first kappa shape index (κ1) is 16.9. The number of para-hydroxylation sites is 1. The number of hydrogen-bond acceptors (Lipinski definition) is 7. The Bertz CT molecular complexity index is 896. The van der Waals surface area contributed by atoms with Gasteiger partial charge in [0.2, 0.25) is 11.9 Å². The van der Waals surface area contributed by atoms with Crippen molar-refractivity contribution >= 4 is 23.5 Å². The van der Waals surface area contributed by atoms with Crippen LogP contribution in [0, 0.1) is 0 Å². The van der Waals surface area contributed by atoms with Gasteiger partial charge in [-0.05, 0) is 24.3 Å². The first-order chi connectivity index (χ1) is 13.3. The Kier molecular flexibility index (Phi) is 4.86. The predicted molar refractivity (Wildman–Crippen MR) is 103 cm³/mol. The third-order valence-corrected chi connectivity index (χ3v) is 4.30. The molecule has 3 heterocycles. The van der Waals surface area contributed by atoms with E-state index in [0.29, 0.717) is 11.6 Å². The van der Waals surface area contributed by atoms with Crippen LogP contribution in [0.3, 0.4) is 0 Å². The number of aromatic nitrogens is 4. The summed E-state index contributed by atoms with van der Waals surface area (Å²) in [7, 11) is 0. The fourth-order valence-corrected chi connectivity index (χ4v) is 2.90. The van der Waals surface area contributed by atoms with E-state index < -0.39 is 0 Å². The summed E-state index contributed by atoms with van der Waals surface area (Å²) < 4.78 is 0. The van der Waals surface area contributed by atoms with E-state index in [-0.39, 0.29) is 5.91 Å². The monoisotopic (exact) mass is 361 g/mol. The van der Waals surface area contributed by atoms with Crippen LogP contribution in [0.1, 0.15) is 10.5 Å². The van der Waals surface area contributed by atoms with Gasteiger partial charge in [-0.2, -0.15) is 0 Å². The summed E-state index contributed by atoms with van der Waals surface area (Å²) in [6.07, 6.45) is 5.11. The van der Waals surface area contributed by atoms with Gasteiger partial charge in [0.25, 0.3) is 5.91 Å². The molecule has 1 aromatic carbocycles. The molecule has 0 aliphatic carbocycles. The van der Waals surface area contributed by atoms with Crippen LogP contribution in [-0.2, 0) is 0 Å². The third-order valence-electron chi connectivity index (χ3n) is 4.30. The van der Waals surface area contributed by atoms with Crippen molar-refractivity contribution in [2.45, 2.75) is 0 Å². The molecule has 8 nitrogen and oxygen atoms in total. The van der Waals surface area contributed by atoms with Gasteiger partial charge in [-0.3, -0.25) is 4.79 Å². The highest BCUT2D eigenvalue weighted by Gasteiger charge is 2.21. The van der Waals surface area contributed by atoms with Gasteiger partial charge in [-0.15, -0.1) is 0 Å². The zero-order chi connectivity index (χ0) is 18.5. The second kappa shape index (κ2) is 7.77. The van der Waals surface area contributed by atoms with E-state index in [0.717, 1.165) is 37.8 Å². The highest BCUT2D eigenvalue weighted by molar-refractivity contribution is 6.02. The van der Waals surface area contributed by atoms with Crippen molar-refractivity contribution in [2.24, 2.45) is 0 Å². The fraction of sp³-hybridized carbons (Fsp3) is 0.211. The summed E-state index contributed by atoms with van der Waals surface area (Å²) in [5.74, 6) is 1.04. The minimum Gasteiger partial charge on any atom is -0.337 e. The first-order valence-electron chi connectivity index (χ1n) is 8.76. The maximum absolute atomic E-state index is 12.4. The van der Waals surface area contributed by atoms with Gasteiger partial charge >= 0.3 is 0 Å². The molecule has 4 rings (SSSR count). The van der Waals surface area contributed by atoms with Crippen LogP contribution in [0.25, 0.3) is 0 Å². The molecular weight excluding hydrogens is 342 g/mol. The van der Waals surface area contributed by atoms with Crippen molar-refractivity contribution in [1.29, 1.82) is 0 Å². The van der Waals surface area contributed by atoms with E-state index in [4.69, 9.17) is 0 Å². The molecule has 1 N–H and O–H groups in total. The second-order valence-corrected chi connectivity index (χ2v) is 6.08. The Morgan fingerprint density at radius 3 is 2.11 bits per heavy atom. The molecule has 136 valence electrons. The number of amides is 1. The summed E-state index contributed by atoms with van der Waals surface area (Å²) in [6, 6.07) is 12.7. The van der Waals surface area contributed by atoms with E-state index in [1.54, 1.807) is 30.7 Å². The molecule has 1 amide bonds. The Morgan fingerprint density at radius 1 is 0.778 bits per heavy atom. The molecule has 2 aromatic heterocycles. The molecule has 1 saturated heterocycles. The molecule has 1 aliphatic heterocycles. The van der Waals surface area contributed by atoms with Crippen molar-refractivity contribution in [2.75, 3.05) is 41.3 Å². The van der Waals surface area contributed by atoms with E-state index in [1.165, 1.54) is 0 Å². The zero-order valence-electron chi connectivity index (χ0n) is 14.7. The van der Waals surface area contributed by atoms with Crippen LogP contribution in [0.15, 0.2) is 61.1 Å². The zero-order valence-corrected chi connectivity index (χ0v) is 14.7. The van der Waals surface area contributed by atoms with Crippen molar-refractivity contribution in [3.63, 3.8) is 0 Å². The number of piperazine rings is 1. The number of hydrogen-bond donors (Lipinski definition) is 1. The lowest BCUT2D eigenvalue weighted by Gasteiger charge is -2.34. The van der Waals surface area contributed by atoms with E-state index in [1.807, 2.05) is 30.3 Å². The lowest BCUT2D eigenvalue weighted by Crippen LogP contribution is -2.47. The lowest BCUT2D eigenvalue weighted by atomic mass is 10.3. The van der Waals surface area contributed by atoms with Gasteiger partial charge in [-0.1, -0.05) is 18.2 Å². The molecule has 0 radical (unpaired) electrons. The molecule has 3 aromatic rings. The van der Waals surface area contributed by atoms with Gasteiger partial charge < -0.3 is 15.1 Å². The minimum atomic E-state index is -0.249. The first-order valence-corrected chi connectivity index (χ1v) is 8.76. The average molecular weight is 361 g/mol. The fourth-order valence-electron chi connectivity index (χ4n) is 2.90. The van der Waals surface area contributed by atoms with Gasteiger partial charge in [0.05, 0.1) is 0 Å². The molecule has 8 heteroatoms. The van der Waals surface area contributed by atoms with Crippen molar-refractivity contribution in [1.82, 2.24) is 19.9 Å². The Labute approximate surface area is 156 Å². The topological polar surface area (TPSA) is 87.1 Å². The van der Waals surface area contributed by atoms with Crippen molar-refractivity contribution < 1.29 is 4.79 Å². The minimum absolute atomic E-state index is 0.249. The quantitative estimate of drug-likeness (QED) is 0.759. The second-order valence-electron chi connectivity index (χ2n) is 6.08. The predicted octanol–water partition coefficient (Wildman–Crippen LogP) is 1.85. The van der Waals surface area contributed by atoms with Gasteiger partial charge in [0, 0.05) is 50.5 Å². The summed E-state index contributed by atoms with van der Waals surface area (Å²) in [5, 5.41) is 2.84. The Hall–Kier alpha value is -3.55.